The number of likely N-dealkylation sites (N-methyl/N-ethyl adjacent to an activating group) is 1. The lowest BCUT2D eigenvalue weighted by molar-refractivity contribution is -0.118. The highest BCUT2D eigenvalue weighted by molar-refractivity contribution is 7.89. The number of rotatable bonds is 7. The smallest absolute Gasteiger partial charge is 0.251 e. The van der Waals surface area contributed by atoms with Crippen LogP contribution >= 0.6 is 0 Å². The predicted molar refractivity (Wildman–Crippen MR) is 129 cm³/mol. The number of carbonyl (C=O) groups excluding carboxylic acids is 2. The third-order valence-electron chi connectivity index (χ3n) is 5.75. The fourth-order valence-electron chi connectivity index (χ4n) is 3.60. The van der Waals surface area contributed by atoms with Gasteiger partial charge in [0.1, 0.15) is 6.04 Å². The molecule has 1 aliphatic heterocycles. The monoisotopic (exact) mass is 472 g/mol. The van der Waals surface area contributed by atoms with E-state index in [1.807, 2.05) is 40.0 Å². The Kier molecular flexibility index (Phi) is 7.88. The van der Waals surface area contributed by atoms with Gasteiger partial charge in [-0.2, -0.15) is 4.31 Å². The highest BCUT2D eigenvalue weighted by atomic mass is 32.2. The minimum Gasteiger partial charge on any atom is -0.340 e. The first-order valence-electron chi connectivity index (χ1n) is 11.0. The minimum atomic E-state index is -3.65. The fourth-order valence-corrected chi connectivity index (χ4v) is 5.06. The van der Waals surface area contributed by atoms with E-state index in [4.69, 9.17) is 0 Å². The number of nitrogens with zero attached hydrogens (tertiary/aromatic N) is 2. The van der Waals surface area contributed by atoms with Crippen LogP contribution in [0.3, 0.4) is 0 Å². The lowest BCUT2D eigenvalue weighted by atomic mass is 10.0. The van der Waals surface area contributed by atoms with E-state index in [9.17, 15) is 18.0 Å². The molecule has 1 fully saturated rings. The van der Waals surface area contributed by atoms with Crippen molar-refractivity contribution in [1.82, 2.24) is 14.5 Å². The SMILES string of the molecule is Cc1ccc(C(=O)NC(C(=O)Nc2cccc(S(=O)(=O)N3CCN(C)CC3)c2)C(C)C)cc1. The van der Waals surface area contributed by atoms with Crippen molar-refractivity contribution in [3.8, 4) is 0 Å². The molecule has 8 nitrogen and oxygen atoms in total. The molecule has 1 saturated heterocycles. The summed E-state index contributed by atoms with van der Waals surface area (Å²) in [5.41, 5.74) is 1.88. The van der Waals surface area contributed by atoms with Crippen LogP contribution in [0.5, 0.6) is 0 Å². The molecule has 1 unspecified atom stereocenters. The maximum atomic E-state index is 13.0. The predicted octanol–water partition coefficient (Wildman–Crippen LogP) is 2.32. The topological polar surface area (TPSA) is 98.8 Å². The number of anilines is 1. The molecule has 9 heteroatoms. The van der Waals surface area contributed by atoms with Crippen molar-refractivity contribution in [2.45, 2.75) is 31.7 Å². The van der Waals surface area contributed by atoms with E-state index in [-0.39, 0.29) is 16.7 Å². The standard InChI is InChI=1S/C24H32N4O4S/c1-17(2)22(26-23(29)19-10-8-18(3)9-11-19)24(30)25-20-6-5-7-21(16-20)33(31,32)28-14-12-27(4)13-15-28/h5-11,16-17,22H,12-15H2,1-4H3,(H,25,30)(H,26,29). The van der Waals surface area contributed by atoms with Crippen LogP contribution in [0, 0.1) is 12.8 Å². The van der Waals surface area contributed by atoms with Gasteiger partial charge < -0.3 is 15.5 Å². The molecule has 178 valence electrons. The van der Waals surface area contributed by atoms with E-state index in [2.05, 4.69) is 15.5 Å². The Morgan fingerprint density at radius 3 is 2.21 bits per heavy atom. The normalized spacial score (nSPS) is 16.4. The maximum Gasteiger partial charge on any atom is 0.251 e. The molecule has 33 heavy (non-hydrogen) atoms. The van der Waals surface area contributed by atoms with Gasteiger partial charge in [-0.3, -0.25) is 9.59 Å². The first-order chi connectivity index (χ1) is 15.6. The second kappa shape index (κ2) is 10.5. The molecule has 1 heterocycles. The van der Waals surface area contributed by atoms with Crippen LogP contribution < -0.4 is 10.6 Å². The summed E-state index contributed by atoms with van der Waals surface area (Å²) in [7, 11) is -1.69. The molecule has 2 aromatic rings. The molecule has 0 aliphatic carbocycles. The van der Waals surface area contributed by atoms with Gasteiger partial charge in [0, 0.05) is 37.4 Å². The van der Waals surface area contributed by atoms with Crippen LogP contribution in [0.25, 0.3) is 0 Å². The molecular weight excluding hydrogens is 440 g/mol. The van der Waals surface area contributed by atoms with Crippen molar-refractivity contribution in [3.63, 3.8) is 0 Å². The largest absolute Gasteiger partial charge is 0.340 e. The molecule has 0 radical (unpaired) electrons. The van der Waals surface area contributed by atoms with Gasteiger partial charge in [0.25, 0.3) is 5.91 Å². The van der Waals surface area contributed by atoms with E-state index >= 15 is 0 Å². The van der Waals surface area contributed by atoms with Crippen molar-refractivity contribution in [2.24, 2.45) is 5.92 Å². The lowest BCUT2D eigenvalue weighted by Gasteiger charge is -2.31. The van der Waals surface area contributed by atoms with Crippen LogP contribution in [-0.4, -0.2) is 68.7 Å². The number of carbonyl (C=O) groups is 2. The first-order valence-corrected chi connectivity index (χ1v) is 12.5. The Labute approximate surface area is 196 Å². The molecule has 3 rings (SSSR count). The summed E-state index contributed by atoms with van der Waals surface area (Å²) in [5, 5.41) is 5.56. The zero-order valence-corrected chi connectivity index (χ0v) is 20.4. The Bertz CT molecular complexity index is 1090. The summed E-state index contributed by atoms with van der Waals surface area (Å²) >= 11 is 0. The molecule has 0 spiro atoms. The van der Waals surface area contributed by atoms with Crippen LogP contribution in [0.1, 0.15) is 29.8 Å². The number of piperazine rings is 1. The third-order valence-corrected chi connectivity index (χ3v) is 7.65. The summed E-state index contributed by atoms with van der Waals surface area (Å²) in [6.07, 6.45) is 0. The number of nitrogens with one attached hydrogen (secondary N) is 2. The molecule has 1 atom stereocenters. The van der Waals surface area contributed by atoms with Gasteiger partial charge >= 0.3 is 0 Å². The highest BCUT2D eigenvalue weighted by Gasteiger charge is 2.28. The summed E-state index contributed by atoms with van der Waals surface area (Å²) in [6.45, 7) is 7.82. The summed E-state index contributed by atoms with van der Waals surface area (Å²) in [6, 6.07) is 12.6. The zero-order chi connectivity index (χ0) is 24.2. The summed E-state index contributed by atoms with van der Waals surface area (Å²) in [4.78, 5) is 27.8. The van der Waals surface area contributed by atoms with Gasteiger partial charge in [-0.15, -0.1) is 0 Å². The van der Waals surface area contributed by atoms with Crippen molar-refractivity contribution in [1.29, 1.82) is 0 Å². The van der Waals surface area contributed by atoms with Gasteiger partial charge in [0.15, 0.2) is 0 Å². The molecule has 0 bridgehead atoms. The van der Waals surface area contributed by atoms with Gasteiger partial charge in [-0.1, -0.05) is 37.6 Å². The second-order valence-corrected chi connectivity index (χ2v) is 10.7. The van der Waals surface area contributed by atoms with Crippen molar-refractivity contribution < 1.29 is 18.0 Å². The Hall–Kier alpha value is -2.75. The van der Waals surface area contributed by atoms with Crippen molar-refractivity contribution in [2.75, 3.05) is 38.5 Å². The van der Waals surface area contributed by atoms with Gasteiger partial charge in [0.2, 0.25) is 15.9 Å². The molecule has 0 aromatic heterocycles. The molecule has 2 aromatic carbocycles. The molecular formula is C24H32N4O4S. The van der Waals surface area contributed by atoms with Crippen LogP contribution in [0.4, 0.5) is 5.69 Å². The number of hydrogen-bond donors (Lipinski definition) is 2. The van der Waals surface area contributed by atoms with Crippen LogP contribution in [0.15, 0.2) is 53.4 Å². The Morgan fingerprint density at radius 1 is 0.970 bits per heavy atom. The first kappa shape index (κ1) is 24.9. The zero-order valence-electron chi connectivity index (χ0n) is 19.5. The lowest BCUT2D eigenvalue weighted by Crippen LogP contribution is -2.47. The Morgan fingerprint density at radius 2 is 1.61 bits per heavy atom. The Balaban J connectivity index is 1.72. The van der Waals surface area contributed by atoms with Gasteiger partial charge in [-0.25, -0.2) is 8.42 Å². The average Bonchev–Trinajstić information content (AvgIpc) is 2.78. The van der Waals surface area contributed by atoms with Crippen LogP contribution in [-0.2, 0) is 14.8 Å². The number of hydrogen-bond acceptors (Lipinski definition) is 5. The van der Waals surface area contributed by atoms with Crippen LogP contribution in [0.2, 0.25) is 0 Å². The third kappa shape index (κ3) is 6.19. The molecule has 0 saturated carbocycles. The second-order valence-electron chi connectivity index (χ2n) is 8.79. The summed E-state index contributed by atoms with van der Waals surface area (Å²) in [5.74, 6) is -0.911. The van der Waals surface area contributed by atoms with Gasteiger partial charge in [-0.05, 0) is 50.2 Å². The van der Waals surface area contributed by atoms with Gasteiger partial charge in [0.05, 0.1) is 4.90 Å². The summed E-state index contributed by atoms with van der Waals surface area (Å²) < 4.78 is 27.5. The van der Waals surface area contributed by atoms with E-state index in [0.29, 0.717) is 37.4 Å². The maximum absolute atomic E-state index is 13.0. The number of aryl methyl sites for hydroxylation is 1. The van der Waals surface area contributed by atoms with Crippen molar-refractivity contribution >= 4 is 27.5 Å². The van der Waals surface area contributed by atoms with E-state index < -0.39 is 22.0 Å². The number of amides is 2. The fraction of sp³-hybridized carbons (Fsp3) is 0.417. The average molecular weight is 473 g/mol. The highest BCUT2D eigenvalue weighted by Crippen LogP contribution is 2.21. The number of sulfonamides is 1. The van der Waals surface area contributed by atoms with Crippen molar-refractivity contribution in [3.05, 3.63) is 59.7 Å². The molecule has 2 amide bonds. The van der Waals surface area contributed by atoms with E-state index in [1.54, 1.807) is 24.3 Å². The quantitative estimate of drug-likeness (QED) is 0.644. The minimum absolute atomic E-state index is 0.134. The van der Waals surface area contributed by atoms with E-state index in [1.165, 1.54) is 16.4 Å². The number of benzene rings is 2. The molecule has 1 aliphatic rings. The van der Waals surface area contributed by atoms with E-state index in [0.717, 1.165) is 5.56 Å². The molecule has 2 N–H and O–H groups in total.